The summed E-state index contributed by atoms with van der Waals surface area (Å²) >= 11 is 1.70. The van der Waals surface area contributed by atoms with E-state index in [1.54, 1.807) is 11.3 Å². The van der Waals surface area contributed by atoms with Crippen LogP contribution >= 0.6 is 23.7 Å². The Balaban J connectivity index is 0.00000205. The third-order valence-corrected chi connectivity index (χ3v) is 6.16. The molecule has 0 radical (unpaired) electrons. The number of hydrogen-bond donors (Lipinski definition) is 1. The number of fused-ring (bicyclic) bond motifs is 1. The smallest absolute Gasteiger partial charge is 0.259 e. The summed E-state index contributed by atoms with van der Waals surface area (Å²) in [5.41, 5.74) is 7.77. The number of thiophene rings is 1. The molecule has 1 aliphatic rings. The molecule has 0 atom stereocenters. The Kier molecular flexibility index (Phi) is 5.50. The van der Waals surface area contributed by atoms with Crippen LogP contribution in [0.3, 0.4) is 0 Å². The largest absolute Gasteiger partial charge is 0.334 e. The lowest BCUT2D eigenvalue weighted by atomic mass is 9.95. The fourth-order valence-corrected chi connectivity index (χ4v) is 4.74. The lowest BCUT2D eigenvalue weighted by Crippen LogP contribution is -2.24. The molecule has 4 heterocycles. The van der Waals surface area contributed by atoms with Crippen molar-refractivity contribution in [2.45, 2.75) is 26.8 Å². The molecule has 1 aliphatic heterocycles. The molecule has 0 saturated carbocycles. The molecule has 0 bridgehead atoms. The summed E-state index contributed by atoms with van der Waals surface area (Å²) in [6, 6.07) is 10.4. The van der Waals surface area contributed by atoms with Crippen molar-refractivity contribution in [1.29, 1.82) is 0 Å². The highest BCUT2D eigenvalue weighted by molar-refractivity contribution is 7.10. The molecular formula is C22H21ClN4OS. The van der Waals surface area contributed by atoms with Gasteiger partial charge in [-0.3, -0.25) is 4.98 Å². The number of pyridine rings is 1. The summed E-state index contributed by atoms with van der Waals surface area (Å²) in [5, 5.41) is 9.83. The van der Waals surface area contributed by atoms with E-state index in [-0.39, 0.29) is 12.4 Å². The van der Waals surface area contributed by atoms with Gasteiger partial charge < -0.3 is 9.84 Å². The SMILES string of the molecule is Cc1ncc2c(c1-c1noc(-c3csc(C)c3-c3ccccc3)n1)CCNC2.Cl. The third kappa shape index (κ3) is 3.48. The van der Waals surface area contributed by atoms with Gasteiger partial charge in [0, 0.05) is 39.8 Å². The minimum absolute atomic E-state index is 0. The van der Waals surface area contributed by atoms with Crippen molar-refractivity contribution < 1.29 is 4.52 Å². The molecule has 1 N–H and O–H groups in total. The van der Waals surface area contributed by atoms with Gasteiger partial charge in [-0.05, 0) is 43.5 Å². The fourth-order valence-electron chi connectivity index (χ4n) is 3.88. The molecule has 5 nitrogen and oxygen atoms in total. The minimum Gasteiger partial charge on any atom is -0.334 e. The van der Waals surface area contributed by atoms with E-state index in [0.29, 0.717) is 11.7 Å². The summed E-state index contributed by atoms with van der Waals surface area (Å²) in [6.45, 7) is 5.93. The maximum Gasteiger partial charge on any atom is 0.259 e. The molecule has 5 rings (SSSR count). The highest BCUT2D eigenvalue weighted by atomic mass is 35.5. The van der Waals surface area contributed by atoms with Crippen LogP contribution in [0.2, 0.25) is 0 Å². The van der Waals surface area contributed by atoms with Crippen molar-refractivity contribution in [3.63, 3.8) is 0 Å². The van der Waals surface area contributed by atoms with Crippen LogP contribution in [0.25, 0.3) is 34.0 Å². The monoisotopic (exact) mass is 424 g/mol. The van der Waals surface area contributed by atoms with Crippen LogP contribution in [-0.4, -0.2) is 21.7 Å². The number of nitrogens with one attached hydrogen (secondary N) is 1. The van der Waals surface area contributed by atoms with E-state index in [4.69, 9.17) is 9.51 Å². The van der Waals surface area contributed by atoms with Crippen molar-refractivity contribution in [2.75, 3.05) is 6.54 Å². The van der Waals surface area contributed by atoms with Crippen LogP contribution in [0.4, 0.5) is 0 Å². The zero-order valence-electron chi connectivity index (χ0n) is 16.2. The Hall–Kier alpha value is -2.54. The number of nitrogens with zero attached hydrogens (tertiary/aromatic N) is 3. The van der Waals surface area contributed by atoms with Crippen LogP contribution in [0, 0.1) is 13.8 Å². The first-order valence-corrected chi connectivity index (χ1v) is 10.3. The quantitative estimate of drug-likeness (QED) is 0.489. The van der Waals surface area contributed by atoms with Crippen LogP contribution in [0.1, 0.15) is 21.7 Å². The van der Waals surface area contributed by atoms with E-state index in [9.17, 15) is 0 Å². The average molecular weight is 425 g/mol. The molecule has 0 aliphatic carbocycles. The predicted octanol–water partition coefficient (Wildman–Crippen LogP) is 5.21. The number of halogens is 1. The first-order valence-electron chi connectivity index (χ1n) is 9.38. The second kappa shape index (κ2) is 8.06. The van der Waals surface area contributed by atoms with Gasteiger partial charge in [0.15, 0.2) is 0 Å². The average Bonchev–Trinajstić information content (AvgIpc) is 3.35. The van der Waals surface area contributed by atoms with Gasteiger partial charge in [-0.15, -0.1) is 23.7 Å². The predicted molar refractivity (Wildman–Crippen MR) is 118 cm³/mol. The van der Waals surface area contributed by atoms with Crippen molar-refractivity contribution >= 4 is 23.7 Å². The summed E-state index contributed by atoms with van der Waals surface area (Å²) in [6.07, 6.45) is 2.90. The van der Waals surface area contributed by atoms with Crippen molar-refractivity contribution in [3.8, 4) is 34.0 Å². The van der Waals surface area contributed by atoms with Crippen LogP contribution in [0.5, 0.6) is 0 Å². The molecular weight excluding hydrogens is 404 g/mol. The molecule has 0 unspecified atom stereocenters. The van der Waals surface area contributed by atoms with E-state index < -0.39 is 0 Å². The highest BCUT2D eigenvalue weighted by Gasteiger charge is 2.23. The standard InChI is InChI=1S/C22H20N4OS.ClH/c1-13-19(17-8-9-23-10-16(17)11-24-13)21-25-22(27-26-21)18-12-28-14(2)20(18)15-6-4-3-5-7-15;/h3-7,11-12,23H,8-10H2,1-2H3;1H. The molecule has 148 valence electrons. The van der Waals surface area contributed by atoms with Crippen LogP contribution in [-0.2, 0) is 13.0 Å². The Morgan fingerprint density at radius 2 is 1.93 bits per heavy atom. The summed E-state index contributed by atoms with van der Waals surface area (Å²) in [7, 11) is 0. The fraction of sp³-hybridized carbons (Fsp3) is 0.227. The minimum atomic E-state index is 0. The Morgan fingerprint density at radius 3 is 2.76 bits per heavy atom. The van der Waals surface area contributed by atoms with E-state index in [2.05, 4.69) is 52.0 Å². The number of aryl methyl sites for hydroxylation is 2. The highest BCUT2D eigenvalue weighted by Crippen LogP contribution is 2.39. The number of aromatic nitrogens is 3. The van der Waals surface area contributed by atoms with Gasteiger partial charge in [0.1, 0.15) is 0 Å². The van der Waals surface area contributed by atoms with Gasteiger partial charge in [-0.25, -0.2) is 0 Å². The van der Waals surface area contributed by atoms with E-state index in [1.165, 1.54) is 16.0 Å². The zero-order valence-corrected chi connectivity index (χ0v) is 17.9. The zero-order chi connectivity index (χ0) is 19.1. The first-order chi connectivity index (χ1) is 13.7. The van der Waals surface area contributed by atoms with E-state index in [1.807, 2.05) is 19.2 Å². The second-order valence-corrected chi connectivity index (χ2v) is 8.10. The maximum absolute atomic E-state index is 5.73. The van der Waals surface area contributed by atoms with Crippen molar-refractivity contribution in [2.24, 2.45) is 0 Å². The molecule has 0 spiro atoms. The van der Waals surface area contributed by atoms with Gasteiger partial charge in [0.25, 0.3) is 5.89 Å². The third-order valence-electron chi connectivity index (χ3n) is 5.25. The van der Waals surface area contributed by atoms with Crippen LogP contribution < -0.4 is 5.32 Å². The molecule has 3 aromatic heterocycles. The van der Waals surface area contributed by atoms with Gasteiger partial charge in [0.05, 0.1) is 5.56 Å². The summed E-state index contributed by atoms with van der Waals surface area (Å²) < 4.78 is 5.73. The lowest BCUT2D eigenvalue weighted by Gasteiger charge is -2.19. The van der Waals surface area contributed by atoms with Crippen molar-refractivity contribution in [3.05, 3.63) is 63.6 Å². The first kappa shape index (κ1) is 19.8. The Labute approximate surface area is 179 Å². The van der Waals surface area contributed by atoms with Gasteiger partial charge in [-0.2, -0.15) is 4.98 Å². The Bertz CT molecular complexity index is 1150. The molecule has 0 amide bonds. The molecule has 0 saturated heterocycles. The molecule has 0 fully saturated rings. The normalized spacial score (nSPS) is 13.0. The number of rotatable bonds is 3. The molecule has 29 heavy (non-hydrogen) atoms. The maximum atomic E-state index is 5.73. The summed E-state index contributed by atoms with van der Waals surface area (Å²) in [5.74, 6) is 1.19. The molecule has 4 aromatic rings. The topological polar surface area (TPSA) is 63.8 Å². The molecule has 1 aromatic carbocycles. The number of hydrogen-bond acceptors (Lipinski definition) is 6. The number of benzene rings is 1. The second-order valence-electron chi connectivity index (χ2n) is 7.02. The summed E-state index contributed by atoms with van der Waals surface area (Å²) in [4.78, 5) is 10.6. The Morgan fingerprint density at radius 1 is 1.10 bits per heavy atom. The van der Waals surface area contributed by atoms with Gasteiger partial charge in [-0.1, -0.05) is 35.5 Å². The van der Waals surface area contributed by atoms with Gasteiger partial charge in [0.2, 0.25) is 5.82 Å². The van der Waals surface area contributed by atoms with E-state index >= 15 is 0 Å². The van der Waals surface area contributed by atoms with E-state index in [0.717, 1.165) is 47.5 Å². The van der Waals surface area contributed by atoms with Gasteiger partial charge >= 0.3 is 0 Å². The lowest BCUT2D eigenvalue weighted by molar-refractivity contribution is 0.432. The van der Waals surface area contributed by atoms with Crippen molar-refractivity contribution in [1.82, 2.24) is 20.4 Å². The molecule has 7 heteroatoms. The van der Waals surface area contributed by atoms with Crippen LogP contribution in [0.15, 0.2) is 46.4 Å².